The van der Waals surface area contributed by atoms with Crippen LogP contribution in [0.5, 0.6) is 0 Å². The Hall–Kier alpha value is -1.20. The van der Waals surface area contributed by atoms with Gasteiger partial charge in [-0.3, -0.25) is 9.36 Å². The third-order valence-corrected chi connectivity index (χ3v) is 3.85. The molecule has 1 aliphatic rings. The van der Waals surface area contributed by atoms with Gasteiger partial charge in [-0.2, -0.15) is 0 Å². The lowest BCUT2D eigenvalue weighted by molar-refractivity contribution is 0.497. The summed E-state index contributed by atoms with van der Waals surface area (Å²) in [6.45, 7) is 1.80. The summed E-state index contributed by atoms with van der Waals surface area (Å²) in [6.07, 6.45) is 4.02. The van der Waals surface area contributed by atoms with Crippen molar-refractivity contribution in [3.8, 4) is 0 Å². The molecule has 1 aliphatic heterocycles. The maximum absolute atomic E-state index is 12.1. The quantitative estimate of drug-likeness (QED) is 0.851. The summed E-state index contributed by atoms with van der Waals surface area (Å²) in [5, 5.41) is 6.04. The first-order chi connectivity index (χ1) is 7.84. The van der Waals surface area contributed by atoms with Crippen molar-refractivity contribution in [3.05, 3.63) is 28.1 Å². The lowest BCUT2D eigenvalue weighted by Gasteiger charge is -2.11. The maximum atomic E-state index is 12.1. The Balaban J connectivity index is 1.96. The van der Waals surface area contributed by atoms with Gasteiger partial charge in [0.25, 0.3) is 5.56 Å². The Bertz CT molecular complexity index is 554. The number of rotatable bonds is 2. The van der Waals surface area contributed by atoms with E-state index >= 15 is 0 Å². The summed E-state index contributed by atoms with van der Waals surface area (Å²) in [7, 11) is 0. The van der Waals surface area contributed by atoms with E-state index in [-0.39, 0.29) is 5.56 Å². The number of fused-ring (bicyclic) bond motifs is 1. The van der Waals surface area contributed by atoms with E-state index in [0.29, 0.717) is 6.04 Å². The van der Waals surface area contributed by atoms with Gasteiger partial charge in [-0.15, -0.1) is 11.3 Å². The molecule has 0 spiro atoms. The molecule has 3 rings (SSSR count). The normalized spacial score (nSPS) is 20.6. The third-order valence-electron chi connectivity index (χ3n) is 3.03. The Morgan fingerprint density at radius 1 is 1.62 bits per heavy atom. The smallest absolute Gasteiger partial charge is 0.262 e. The standard InChI is InChI=1S/C11H13N3OS/c15-11-9-3-5-16-10(9)13-7-14(11)6-8-2-1-4-12-8/h3,5,7-8,12H,1-2,4,6H2/t8-/m1/s1. The van der Waals surface area contributed by atoms with Crippen molar-refractivity contribution < 1.29 is 0 Å². The van der Waals surface area contributed by atoms with E-state index in [0.717, 1.165) is 29.7 Å². The van der Waals surface area contributed by atoms with Crippen LogP contribution in [-0.4, -0.2) is 22.1 Å². The molecule has 0 aliphatic carbocycles. The first kappa shape index (κ1) is 9.99. The van der Waals surface area contributed by atoms with Gasteiger partial charge < -0.3 is 5.32 Å². The van der Waals surface area contributed by atoms with E-state index in [2.05, 4.69) is 10.3 Å². The number of nitrogens with zero attached hydrogens (tertiary/aromatic N) is 2. The van der Waals surface area contributed by atoms with Crippen LogP contribution in [-0.2, 0) is 6.54 Å². The molecule has 0 aromatic carbocycles. The summed E-state index contributed by atoms with van der Waals surface area (Å²) in [5.41, 5.74) is 0.0833. The molecule has 0 radical (unpaired) electrons. The van der Waals surface area contributed by atoms with Gasteiger partial charge in [-0.05, 0) is 30.8 Å². The minimum Gasteiger partial charge on any atom is -0.312 e. The van der Waals surface area contributed by atoms with Crippen LogP contribution >= 0.6 is 11.3 Å². The summed E-state index contributed by atoms with van der Waals surface area (Å²) >= 11 is 1.51. The number of aromatic nitrogens is 2. The minimum atomic E-state index is 0.0833. The molecule has 1 atom stereocenters. The van der Waals surface area contributed by atoms with Crippen LogP contribution in [0, 0.1) is 0 Å². The molecule has 0 bridgehead atoms. The Morgan fingerprint density at radius 2 is 2.56 bits per heavy atom. The molecule has 4 nitrogen and oxygen atoms in total. The molecule has 2 aromatic heterocycles. The first-order valence-corrected chi connectivity index (χ1v) is 6.38. The highest BCUT2D eigenvalue weighted by molar-refractivity contribution is 7.16. The Labute approximate surface area is 96.9 Å². The van der Waals surface area contributed by atoms with Crippen LogP contribution < -0.4 is 10.9 Å². The van der Waals surface area contributed by atoms with Crippen molar-refractivity contribution in [1.82, 2.24) is 14.9 Å². The number of thiophene rings is 1. The molecule has 0 unspecified atom stereocenters. The van der Waals surface area contributed by atoms with E-state index in [4.69, 9.17) is 0 Å². The molecule has 3 heterocycles. The van der Waals surface area contributed by atoms with Crippen molar-refractivity contribution in [3.63, 3.8) is 0 Å². The van der Waals surface area contributed by atoms with Crippen LogP contribution in [0.25, 0.3) is 10.2 Å². The van der Waals surface area contributed by atoms with Gasteiger partial charge >= 0.3 is 0 Å². The maximum Gasteiger partial charge on any atom is 0.262 e. The molecule has 0 amide bonds. The zero-order valence-corrected chi connectivity index (χ0v) is 9.67. The second-order valence-electron chi connectivity index (χ2n) is 4.13. The second kappa shape index (κ2) is 3.99. The van der Waals surface area contributed by atoms with Gasteiger partial charge in [0, 0.05) is 12.6 Å². The summed E-state index contributed by atoms with van der Waals surface area (Å²) in [5.74, 6) is 0. The highest BCUT2D eigenvalue weighted by Gasteiger charge is 2.15. The largest absolute Gasteiger partial charge is 0.312 e. The molecule has 1 fully saturated rings. The van der Waals surface area contributed by atoms with Crippen LogP contribution in [0.2, 0.25) is 0 Å². The highest BCUT2D eigenvalue weighted by atomic mass is 32.1. The Kier molecular flexibility index (Phi) is 2.49. The fourth-order valence-corrected chi connectivity index (χ4v) is 2.90. The molecule has 5 heteroatoms. The lowest BCUT2D eigenvalue weighted by Crippen LogP contribution is -2.32. The highest BCUT2D eigenvalue weighted by Crippen LogP contribution is 2.14. The van der Waals surface area contributed by atoms with E-state index in [9.17, 15) is 4.79 Å². The molecular formula is C11H13N3OS. The summed E-state index contributed by atoms with van der Waals surface area (Å²) in [4.78, 5) is 17.2. The van der Waals surface area contributed by atoms with E-state index in [1.54, 1.807) is 10.9 Å². The van der Waals surface area contributed by atoms with Crippen molar-refractivity contribution in [2.24, 2.45) is 0 Å². The predicted molar refractivity (Wildman–Crippen MR) is 64.9 cm³/mol. The van der Waals surface area contributed by atoms with Crippen LogP contribution in [0.3, 0.4) is 0 Å². The third kappa shape index (κ3) is 1.66. The van der Waals surface area contributed by atoms with Crippen molar-refractivity contribution >= 4 is 21.6 Å². The van der Waals surface area contributed by atoms with E-state index in [1.807, 2.05) is 11.4 Å². The fraction of sp³-hybridized carbons (Fsp3) is 0.455. The number of nitrogens with one attached hydrogen (secondary N) is 1. The van der Waals surface area contributed by atoms with Gasteiger partial charge in [0.1, 0.15) is 4.83 Å². The van der Waals surface area contributed by atoms with Gasteiger partial charge in [-0.1, -0.05) is 0 Å². The summed E-state index contributed by atoms with van der Waals surface area (Å²) in [6, 6.07) is 2.28. The number of hydrogen-bond acceptors (Lipinski definition) is 4. The monoisotopic (exact) mass is 235 g/mol. The zero-order valence-electron chi connectivity index (χ0n) is 8.85. The average Bonchev–Trinajstić information content (AvgIpc) is 2.93. The number of hydrogen-bond donors (Lipinski definition) is 1. The van der Waals surface area contributed by atoms with Crippen molar-refractivity contribution in [2.45, 2.75) is 25.4 Å². The molecule has 0 saturated carbocycles. The van der Waals surface area contributed by atoms with Crippen LogP contribution in [0.4, 0.5) is 0 Å². The van der Waals surface area contributed by atoms with E-state index in [1.165, 1.54) is 17.8 Å². The molecule has 1 N–H and O–H groups in total. The van der Waals surface area contributed by atoms with Gasteiger partial charge in [0.2, 0.25) is 0 Å². The fourth-order valence-electron chi connectivity index (χ4n) is 2.17. The van der Waals surface area contributed by atoms with Crippen molar-refractivity contribution in [1.29, 1.82) is 0 Å². The molecule has 16 heavy (non-hydrogen) atoms. The Morgan fingerprint density at radius 3 is 3.38 bits per heavy atom. The van der Waals surface area contributed by atoms with Gasteiger partial charge in [0.05, 0.1) is 11.7 Å². The SMILES string of the molecule is O=c1c2ccsc2ncn1C[C@H]1CCCN1. The summed E-state index contributed by atoms with van der Waals surface area (Å²) < 4.78 is 1.72. The van der Waals surface area contributed by atoms with E-state index < -0.39 is 0 Å². The van der Waals surface area contributed by atoms with Gasteiger partial charge in [0.15, 0.2) is 0 Å². The zero-order chi connectivity index (χ0) is 11.0. The predicted octanol–water partition coefficient (Wildman–Crippen LogP) is 1.21. The van der Waals surface area contributed by atoms with Crippen LogP contribution in [0.1, 0.15) is 12.8 Å². The molecule has 84 valence electrons. The first-order valence-electron chi connectivity index (χ1n) is 5.50. The molecule has 2 aromatic rings. The molecule has 1 saturated heterocycles. The topological polar surface area (TPSA) is 46.9 Å². The van der Waals surface area contributed by atoms with Crippen LogP contribution in [0.15, 0.2) is 22.6 Å². The second-order valence-corrected chi connectivity index (χ2v) is 5.03. The van der Waals surface area contributed by atoms with Crippen molar-refractivity contribution in [2.75, 3.05) is 6.54 Å². The van der Waals surface area contributed by atoms with Gasteiger partial charge in [-0.25, -0.2) is 4.98 Å². The molecular weight excluding hydrogens is 222 g/mol. The average molecular weight is 235 g/mol. The minimum absolute atomic E-state index is 0.0833. The lowest BCUT2D eigenvalue weighted by atomic mass is 10.2.